The molecular formula is C21H24ClNO4. The van der Waals surface area contributed by atoms with Crippen molar-refractivity contribution < 1.29 is 19.0 Å². The van der Waals surface area contributed by atoms with Crippen LogP contribution in [0.2, 0.25) is 5.02 Å². The lowest BCUT2D eigenvalue weighted by Crippen LogP contribution is -2.48. The number of ether oxygens (including phenoxy) is 3. The zero-order valence-electron chi connectivity index (χ0n) is 15.6. The minimum absolute atomic E-state index is 0.0823. The number of benzene rings is 2. The van der Waals surface area contributed by atoms with Gasteiger partial charge in [0.2, 0.25) is 5.91 Å². The molecule has 0 saturated carbocycles. The van der Waals surface area contributed by atoms with E-state index in [9.17, 15) is 4.79 Å². The molecule has 0 spiro atoms. The van der Waals surface area contributed by atoms with Gasteiger partial charge in [0.1, 0.15) is 24.2 Å². The molecule has 0 bridgehead atoms. The number of hydrogen-bond donors (Lipinski definition) is 0. The summed E-state index contributed by atoms with van der Waals surface area (Å²) in [5.74, 6) is 1.59. The highest BCUT2D eigenvalue weighted by molar-refractivity contribution is 6.31. The molecule has 1 amide bonds. The van der Waals surface area contributed by atoms with E-state index < -0.39 is 0 Å². The van der Waals surface area contributed by atoms with E-state index in [4.69, 9.17) is 25.8 Å². The fraction of sp³-hybridized carbons (Fsp3) is 0.381. The number of halogens is 1. The predicted octanol–water partition coefficient (Wildman–Crippen LogP) is 3.51. The molecule has 0 radical (unpaired) electrons. The minimum Gasteiger partial charge on any atom is -0.497 e. The maximum Gasteiger partial charge on any atom is 0.227 e. The van der Waals surface area contributed by atoms with Crippen molar-refractivity contribution in [1.82, 2.24) is 4.90 Å². The summed E-state index contributed by atoms with van der Waals surface area (Å²) in [6.45, 7) is 3.96. The first-order chi connectivity index (χ1) is 13.0. The third kappa shape index (κ3) is 5.37. The highest BCUT2D eigenvalue weighted by Crippen LogP contribution is 2.21. The molecule has 6 heteroatoms. The van der Waals surface area contributed by atoms with Gasteiger partial charge in [-0.15, -0.1) is 0 Å². The molecule has 1 unspecified atom stereocenters. The van der Waals surface area contributed by atoms with E-state index >= 15 is 0 Å². The second kappa shape index (κ2) is 9.11. The lowest BCUT2D eigenvalue weighted by atomic mass is 10.1. The summed E-state index contributed by atoms with van der Waals surface area (Å²) in [7, 11) is 1.62. The number of nitrogens with zero attached hydrogens (tertiary/aromatic N) is 1. The number of amides is 1. The van der Waals surface area contributed by atoms with E-state index in [0.29, 0.717) is 37.7 Å². The van der Waals surface area contributed by atoms with Gasteiger partial charge in [0.05, 0.1) is 26.7 Å². The van der Waals surface area contributed by atoms with Crippen molar-refractivity contribution in [3.63, 3.8) is 0 Å². The normalized spacial score (nSPS) is 16.9. The second-order valence-corrected chi connectivity index (χ2v) is 6.99. The summed E-state index contributed by atoms with van der Waals surface area (Å²) >= 11 is 6.04. The van der Waals surface area contributed by atoms with Gasteiger partial charge in [-0.2, -0.15) is 0 Å². The number of methoxy groups -OCH3 is 1. The summed E-state index contributed by atoms with van der Waals surface area (Å²) < 4.78 is 16.8. The quantitative estimate of drug-likeness (QED) is 0.758. The summed E-state index contributed by atoms with van der Waals surface area (Å²) in [5.41, 5.74) is 1.91. The summed E-state index contributed by atoms with van der Waals surface area (Å²) in [6.07, 6.45) is 0.199. The van der Waals surface area contributed by atoms with Crippen molar-refractivity contribution in [3.05, 3.63) is 58.6 Å². The first kappa shape index (κ1) is 19.5. The zero-order chi connectivity index (χ0) is 19.2. The standard InChI is InChI=1S/C21H24ClNO4/c1-15-10-18(6-7-20(15)22)27-14-19-13-23(8-9-26-19)21(24)12-16-4-3-5-17(11-16)25-2/h3-7,10-11,19H,8-9,12-14H2,1-2H3. The third-order valence-electron chi connectivity index (χ3n) is 4.55. The Morgan fingerprint density at radius 2 is 2.11 bits per heavy atom. The molecule has 2 aromatic carbocycles. The Morgan fingerprint density at radius 3 is 2.89 bits per heavy atom. The fourth-order valence-corrected chi connectivity index (χ4v) is 3.13. The lowest BCUT2D eigenvalue weighted by Gasteiger charge is -2.33. The van der Waals surface area contributed by atoms with Gasteiger partial charge < -0.3 is 19.1 Å². The van der Waals surface area contributed by atoms with Crippen molar-refractivity contribution in [1.29, 1.82) is 0 Å². The molecule has 1 aliphatic heterocycles. The first-order valence-corrected chi connectivity index (χ1v) is 9.34. The smallest absolute Gasteiger partial charge is 0.227 e. The van der Waals surface area contributed by atoms with Crippen molar-refractivity contribution in [3.8, 4) is 11.5 Å². The van der Waals surface area contributed by atoms with Crippen LogP contribution in [0.3, 0.4) is 0 Å². The Bertz CT molecular complexity index is 796. The maximum atomic E-state index is 12.6. The van der Waals surface area contributed by atoms with Crippen LogP contribution in [0.15, 0.2) is 42.5 Å². The highest BCUT2D eigenvalue weighted by atomic mass is 35.5. The molecule has 1 aliphatic rings. The SMILES string of the molecule is COc1cccc(CC(=O)N2CCOC(COc3ccc(Cl)c(C)c3)C2)c1. The van der Waals surface area contributed by atoms with Gasteiger partial charge in [-0.1, -0.05) is 23.7 Å². The Hall–Kier alpha value is -2.24. The van der Waals surface area contributed by atoms with Gasteiger partial charge in [0.25, 0.3) is 0 Å². The van der Waals surface area contributed by atoms with E-state index in [2.05, 4.69) is 0 Å². The summed E-state index contributed by atoms with van der Waals surface area (Å²) in [5, 5.41) is 0.714. The van der Waals surface area contributed by atoms with Crippen molar-refractivity contribution in [2.75, 3.05) is 33.4 Å². The van der Waals surface area contributed by atoms with Crippen LogP contribution in [0.25, 0.3) is 0 Å². The van der Waals surface area contributed by atoms with Gasteiger partial charge >= 0.3 is 0 Å². The van der Waals surface area contributed by atoms with E-state index in [1.165, 1.54) is 0 Å². The van der Waals surface area contributed by atoms with Crippen LogP contribution in [0.5, 0.6) is 11.5 Å². The number of morpholine rings is 1. The molecule has 1 saturated heterocycles. The lowest BCUT2D eigenvalue weighted by molar-refractivity contribution is -0.139. The molecule has 0 N–H and O–H groups in total. The molecule has 27 heavy (non-hydrogen) atoms. The topological polar surface area (TPSA) is 48.0 Å². The van der Waals surface area contributed by atoms with Crippen molar-refractivity contribution in [2.24, 2.45) is 0 Å². The minimum atomic E-state index is -0.149. The first-order valence-electron chi connectivity index (χ1n) is 8.96. The molecule has 0 aromatic heterocycles. The van der Waals surface area contributed by atoms with Crippen LogP contribution in [0, 0.1) is 6.92 Å². The largest absolute Gasteiger partial charge is 0.497 e. The van der Waals surface area contributed by atoms with Gasteiger partial charge in [-0.3, -0.25) is 4.79 Å². The monoisotopic (exact) mass is 389 g/mol. The molecule has 1 fully saturated rings. The molecule has 1 atom stereocenters. The summed E-state index contributed by atoms with van der Waals surface area (Å²) in [6, 6.07) is 13.1. The molecule has 144 valence electrons. The molecule has 0 aliphatic carbocycles. The highest BCUT2D eigenvalue weighted by Gasteiger charge is 2.25. The number of carbonyl (C=O) groups is 1. The number of rotatable bonds is 6. The van der Waals surface area contributed by atoms with Crippen LogP contribution in [0.1, 0.15) is 11.1 Å². The number of carbonyl (C=O) groups excluding carboxylic acids is 1. The zero-order valence-corrected chi connectivity index (χ0v) is 16.4. The van der Waals surface area contributed by atoms with Crippen molar-refractivity contribution in [2.45, 2.75) is 19.4 Å². The van der Waals surface area contributed by atoms with Crippen LogP contribution < -0.4 is 9.47 Å². The Labute approximate surface area is 164 Å². The molecule has 3 rings (SSSR count). The van der Waals surface area contributed by atoms with Gasteiger partial charge in [-0.05, 0) is 48.4 Å². The van der Waals surface area contributed by atoms with Gasteiger partial charge in [-0.25, -0.2) is 0 Å². The van der Waals surface area contributed by atoms with Crippen LogP contribution in [-0.4, -0.2) is 50.3 Å². The van der Waals surface area contributed by atoms with Gasteiger partial charge in [0, 0.05) is 11.6 Å². The second-order valence-electron chi connectivity index (χ2n) is 6.58. The Balaban J connectivity index is 1.53. The van der Waals surface area contributed by atoms with E-state index in [1.54, 1.807) is 7.11 Å². The maximum absolute atomic E-state index is 12.6. The fourth-order valence-electron chi connectivity index (χ4n) is 3.01. The van der Waals surface area contributed by atoms with Crippen LogP contribution >= 0.6 is 11.6 Å². The molecule has 5 nitrogen and oxygen atoms in total. The van der Waals surface area contributed by atoms with E-state index in [-0.39, 0.29) is 12.0 Å². The molecule has 1 heterocycles. The molecule has 2 aromatic rings. The average Bonchev–Trinajstić information content (AvgIpc) is 2.69. The number of aryl methyl sites for hydroxylation is 1. The van der Waals surface area contributed by atoms with Gasteiger partial charge in [0.15, 0.2) is 0 Å². The third-order valence-corrected chi connectivity index (χ3v) is 4.97. The molecular weight excluding hydrogens is 366 g/mol. The van der Waals surface area contributed by atoms with E-state index in [1.807, 2.05) is 54.3 Å². The van der Waals surface area contributed by atoms with E-state index in [0.717, 1.165) is 22.6 Å². The predicted molar refractivity (Wildman–Crippen MR) is 105 cm³/mol. The summed E-state index contributed by atoms with van der Waals surface area (Å²) in [4.78, 5) is 14.5. The Morgan fingerprint density at radius 1 is 1.26 bits per heavy atom. The average molecular weight is 390 g/mol. The van der Waals surface area contributed by atoms with Crippen LogP contribution in [-0.2, 0) is 16.0 Å². The van der Waals surface area contributed by atoms with Crippen LogP contribution in [0.4, 0.5) is 0 Å². The van der Waals surface area contributed by atoms with Crippen molar-refractivity contribution >= 4 is 17.5 Å². The number of hydrogen-bond acceptors (Lipinski definition) is 4. The Kier molecular flexibility index (Phi) is 6.58.